The molecule has 0 saturated heterocycles. The highest BCUT2D eigenvalue weighted by Gasteiger charge is 2.12. The van der Waals surface area contributed by atoms with E-state index in [-0.39, 0.29) is 18.0 Å². The third-order valence-corrected chi connectivity index (χ3v) is 3.37. The van der Waals surface area contributed by atoms with Crippen molar-refractivity contribution in [3.8, 4) is 5.69 Å². The Morgan fingerprint density at radius 2 is 1.92 bits per heavy atom. The SMILES string of the molecule is O=C(NCc1cnn(-c2ccccc2C(=O)O)c1)c1ccccn1. The second-order valence-electron chi connectivity index (χ2n) is 5.01. The number of carboxylic acid groups (broad SMARTS) is 1. The summed E-state index contributed by atoms with van der Waals surface area (Å²) in [6, 6.07) is 11.7. The molecule has 2 aromatic heterocycles. The first kappa shape index (κ1) is 15.4. The van der Waals surface area contributed by atoms with Gasteiger partial charge in [-0.2, -0.15) is 5.10 Å². The maximum Gasteiger partial charge on any atom is 0.337 e. The number of hydrogen-bond acceptors (Lipinski definition) is 4. The van der Waals surface area contributed by atoms with Gasteiger partial charge in [0.2, 0.25) is 0 Å². The van der Waals surface area contributed by atoms with Crippen molar-refractivity contribution in [2.75, 3.05) is 0 Å². The van der Waals surface area contributed by atoms with Crippen molar-refractivity contribution in [1.29, 1.82) is 0 Å². The van der Waals surface area contributed by atoms with E-state index in [2.05, 4.69) is 15.4 Å². The van der Waals surface area contributed by atoms with Crippen LogP contribution in [0.5, 0.6) is 0 Å². The van der Waals surface area contributed by atoms with E-state index < -0.39 is 5.97 Å². The monoisotopic (exact) mass is 322 g/mol. The minimum absolute atomic E-state index is 0.157. The van der Waals surface area contributed by atoms with E-state index in [9.17, 15) is 14.7 Å². The molecule has 3 rings (SSSR count). The summed E-state index contributed by atoms with van der Waals surface area (Å²) in [7, 11) is 0. The Hall–Kier alpha value is -3.48. The van der Waals surface area contributed by atoms with Crippen LogP contribution in [-0.4, -0.2) is 31.7 Å². The zero-order valence-corrected chi connectivity index (χ0v) is 12.6. The molecule has 24 heavy (non-hydrogen) atoms. The van der Waals surface area contributed by atoms with Gasteiger partial charge in [-0.15, -0.1) is 0 Å². The summed E-state index contributed by atoms with van der Waals surface area (Å²) in [5.41, 5.74) is 1.71. The molecular weight excluding hydrogens is 308 g/mol. The van der Waals surface area contributed by atoms with E-state index in [0.717, 1.165) is 5.56 Å². The molecule has 0 unspecified atom stereocenters. The first-order valence-electron chi connectivity index (χ1n) is 7.20. The Morgan fingerprint density at radius 3 is 2.67 bits per heavy atom. The van der Waals surface area contributed by atoms with Crippen LogP contribution in [-0.2, 0) is 6.54 Å². The fourth-order valence-corrected chi connectivity index (χ4v) is 2.21. The zero-order valence-electron chi connectivity index (χ0n) is 12.6. The molecular formula is C17H14N4O3. The lowest BCUT2D eigenvalue weighted by Gasteiger charge is -2.05. The van der Waals surface area contributed by atoms with E-state index in [1.807, 2.05) is 0 Å². The van der Waals surface area contributed by atoms with Crippen LogP contribution in [0.15, 0.2) is 61.1 Å². The van der Waals surface area contributed by atoms with Crippen LogP contribution in [0.25, 0.3) is 5.69 Å². The fraction of sp³-hybridized carbons (Fsp3) is 0.0588. The molecule has 0 atom stereocenters. The molecule has 0 aliphatic rings. The quantitative estimate of drug-likeness (QED) is 0.747. The van der Waals surface area contributed by atoms with Crippen molar-refractivity contribution >= 4 is 11.9 Å². The Balaban J connectivity index is 1.73. The van der Waals surface area contributed by atoms with E-state index in [0.29, 0.717) is 11.4 Å². The normalized spacial score (nSPS) is 10.3. The molecule has 3 aromatic rings. The molecule has 0 spiro atoms. The van der Waals surface area contributed by atoms with Gasteiger partial charge in [0.1, 0.15) is 5.69 Å². The van der Waals surface area contributed by atoms with Crippen LogP contribution >= 0.6 is 0 Å². The van der Waals surface area contributed by atoms with Gasteiger partial charge in [0.15, 0.2) is 0 Å². The summed E-state index contributed by atoms with van der Waals surface area (Å²) in [6.07, 6.45) is 4.81. The number of carbonyl (C=O) groups excluding carboxylic acids is 1. The summed E-state index contributed by atoms with van der Waals surface area (Å²) in [6.45, 7) is 0.268. The minimum atomic E-state index is -1.02. The number of aromatic nitrogens is 3. The molecule has 120 valence electrons. The van der Waals surface area contributed by atoms with Crippen LogP contribution < -0.4 is 5.32 Å². The average Bonchev–Trinajstić information content (AvgIpc) is 3.09. The van der Waals surface area contributed by atoms with Crippen molar-refractivity contribution in [1.82, 2.24) is 20.1 Å². The number of rotatable bonds is 5. The summed E-state index contributed by atoms with van der Waals surface area (Å²) in [5.74, 6) is -1.31. The summed E-state index contributed by atoms with van der Waals surface area (Å²) >= 11 is 0. The molecule has 0 bridgehead atoms. The molecule has 2 heterocycles. The molecule has 1 amide bonds. The second-order valence-corrected chi connectivity index (χ2v) is 5.01. The van der Waals surface area contributed by atoms with Gasteiger partial charge in [-0.05, 0) is 24.3 Å². The van der Waals surface area contributed by atoms with Crippen molar-refractivity contribution in [2.24, 2.45) is 0 Å². The molecule has 1 aromatic carbocycles. The maximum absolute atomic E-state index is 12.0. The van der Waals surface area contributed by atoms with Crippen LogP contribution in [0, 0.1) is 0 Å². The largest absolute Gasteiger partial charge is 0.478 e. The number of aromatic carboxylic acids is 1. The van der Waals surface area contributed by atoms with Crippen LogP contribution in [0.4, 0.5) is 0 Å². The Bertz CT molecular complexity index is 874. The van der Waals surface area contributed by atoms with Gasteiger partial charge in [0.05, 0.1) is 17.4 Å². The van der Waals surface area contributed by atoms with Gasteiger partial charge in [0, 0.05) is 24.5 Å². The fourth-order valence-electron chi connectivity index (χ4n) is 2.21. The van der Waals surface area contributed by atoms with Crippen molar-refractivity contribution < 1.29 is 14.7 Å². The van der Waals surface area contributed by atoms with Gasteiger partial charge >= 0.3 is 5.97 Å². The van der Waals surface area contributed by atoms with Crippen LogP contribution in [0.3, 0.4) is 0 Å². The third kappa shape index (κ3) is 3.30. The van der Waals surface area contributed by atoms with Crippen molar-refractivity contribution in [2.45, 2.75) is 6.54 Å². The number of pyridine rings is 1. The van der Waals surface area contributed by atoms with E-state index in [4.69, 9.17) is 0 Å². The summed E-state index contributed by atoms with van der Waals surface area (Å²) in [4.78, 5) is 27.2. The van der Waals surface area contributed by atoms with E-state index >= 15 is 0 Å². The highest BCUT2D eigenvalue weighted by Crippen LogP contribution is 2.14. The number of hydrogen-bond donors (Lipinski definition) is 2. The van der Waals surface area contributed by atoms with Gasteiger partial charge in [-0.3, -0.25) is 9.78 Å². The van der Waals surface area contributed by atoms with Crippen molar-refractivity contribution in [3.05, 3.63) is 77.9 Å². The summed E-state index contributed by atoms with van der Waals surface area (Å²) in [5, 5.41) is 16.1. The Labute approximate surface area is 137 Å². The number of para-hydroxylation sites is 1. The third-order valence-electron chi connectivity index (χ3n) is 3.37. The lowest BCUT2D eigenvalue weighted by atomic mass is 10.2. The van der Waals surface area contributed by atoms with Gasteiger partial charge in [-0.1, -0.05) is 18.2 Å². The highest BCUT2D eigenvalue weighted by molar-refractivity contribution is 5.92. The summed E-state index contributed by atoms with van der Waals surface area (Å²) < 4.78 is 1.48. The number of amides is 1. The smallest absolute Gasteiger partial charge is 0.337 e. The first-order chi connectivity index (χ1) is 11.6. The lowest BCUT2D eigenvalue weighted by Crippen LogP contribution is -2.23. The number of carbonyl (C=O) groups is 2. The molecule has 0 saturated carbocycles. The molecule has 2 N–H and O–H groups in total. The molecule has 7 nitrogen and oxygen atoms in total. The van der Waals surface area contributed by atoms with Crippen molar-refractivity contribution in [3.63, 3.8) is 0 Å². The van der Waals surface area contributed by atoms with Gasteiger partial charge in [0.25, 0.3) is 5.91 Å². The van der Waals surface area contributed by atoms with E-state index in [1.165, 1.54) is 10.7 Å². The predicted molar refractivity (Wildman–Crippen MR) is 85.9 cm³/mol. The topological polar surface area (TPSA) is 97.1 Å². The maximum atomic E-state index is 12.0. The minimum Gasteiger partial charge on any atom is -0.478 e. The number of carboxylic acids is 1. The standard InChI is InChI=1S/C17H14N4O3/c22-16(14-6-3-4-8-18-14)19-9-12-10-20-21(11-12)15-7-2-1-5-13(15)17(23)24/h1-8,10-11H,9H2,(H,19,22)(H,23,24). The number of nitrogens with one attached hydrogen (secondary N) is 1. The Morgan fingerprint density at radius 1 is 1.12 bits per heavy atom. The second kappa shape index (κ2) is 6.74. The van der Waals surface area contributed by atoms with Gasteiger partial charge < -0.3 is 10.4 Å². The van der Waals surface area contributed by atoms with Gasteiger partial charge in [-0.25, -0.2) is 9.48 Å². The average molecular weight is 322 g/mol. The predicted octanol–water partition coefficient (Wildman–Crippen LogP) is 1.90. The number of benzene rings is 1. The molecule has 7 heteroatoms. The molecule has 0 radical (unpaired) electrons. The van der Waals surface area contributed by atoms with Crippen LogP contribution in [0.2, 0.25) is 0 Å². The Kier molecular flexibility index (Phi) is 4.33. The molecule has 0 fully saturated rings. The molecule has 0 aliphatic carbocycles. The highest BCUT2D eigenvalue weighted by atomic mass is 16.4. The van der Waals surface area contributed by atoms with E-state index in [1.54, 1.807) is 55.0 Å². The lowest BCUT2D eigenvalue weighted by molar-refractivity contribution is 0.0696. The number of nitrogens with zero attached hydrogens (tertiary/aromatic N) is 3. The first-order valence-corrected chi connectivity index (χ1v) is 7.20. The zero-order chi connectivity index (χ0) is 16.9. The molecule has 0 aliphatic heterocycles. The van der Waals surface area contributed by atoms with Crippen LogP contribution in [0.1, 0.15) is 26.4 Å².